The van der Waals surface area contributed by atoms with Gasteiger partial charge in [-0.05, 0) is 34.6 Å². The summed E-state index contributed by atoms with van der Waals surface area (Å²) in [4.78, 5) is 11.2. The maximum Gasteiger partial charge on any atom is 0.333 e. The molecule has 0 fully saturated rings. The molecule has 100 valence electrons. The molecule has 0 bridgehead atoms. The topological polar surface area (TPSA) is 44.8 Å². The highest BCUT2D eigenvalue weighted by Gasteiger charge is 2.14. The lowest BCUT2D eigenvalue weighted by Gasteiger charge is -2.20. The number of ether oxygens (including phenoxy) is 1. The zero-order valence-corrected chi connectivity index (χ0v) is 12.4. The average Bonchev–Trinajstić information content (AvgIpc) is 2.22. The van der Waals surface area contributed by atoms with E-state index in [0.717, 1.165) is 0 Å². The van der Waals surface area contributed by atoms with Gasteiger partial charge in [-0.2, -0.15) is 0 Å². The minimum atomic E-state index is -0.986. The predicted octanol–water partition coefficient (Wildman–Crippen LogP) is 3.27. The van der Waals surface area contributed by atoms with Gasteiger partial charge in [0.2, 0.25) is 0 Å². The fraction of sp³-hybridized carbons (Fsp3) is 0.750. The van der Waals surface area contributed by atoms with Crippen molar-refractivity contribution in [1.29, 1.82) is 0 Å². The van der Waals surface area contributed by atoms with E-state index >= 15 is 0 Å². The largest absolute Gasteiger partial charge is 0.466 e. The number of hydrogen-bond donors (Lipinski definition) is 0. The van der Waals surface area contributed by atoms with Gasteiger partial charge in [-0.25, -0.2) is 4.79 Å². The van der Waals surface area contributed by atoms with Crippen LogP contribution in [0.3, 0.4) is 0 Å². The van der Waals surface area contributed by atoms with Crippen molar-refractivity contribution in [2.75, 3.05) is 13.3 Å². The standard InChI is InChI=1S/C12H23O4P/c1-9(2)15-17(16-10(3)4)8-7-11(5)12(13)14-6/h7,9-10H,8H2,1-6H3. The molecular weight excluding hydrogens is 239 g/mol. The quantitative estimate of drug-likeness (QED) is 0.401. The molecule has 5 heteroatoms. The molecule has 0 spiro atoms. The normalized spacial score (nSPS) is 12.6. The van der Waals surface area contributed by atoms with Crippen molar-refractivity contribution in [3.8, 4) is 0 Å². The Balaban J connectivity index is 4.37. The number of rotatable bonds is 7. The van der Waals surface area contributed by atoms with Crippen LogP contribution in [0.25, 0.3) is 0 Å². The summed E-state index contributed by atoms with van der Waals surface area (Å²) in [6.07, 6.45) is 2.65. The van der Waals surface area contributed by atoms with Gasteiger partial charge in [0.1, 0.15) is 0 Å². The van der Waals surface area contributed by atoms with E-state index in [1.165, 1.54) is 7.11 Å². The van der Waals surface area contributed by atoms with E-state index in [1.807, 2.05) is 33.8 Å². The van der Waals surface area contributed by atoms with Gasteiger partial charge >= 0.3 is 5.97 Å². The zero-order valence-electron chi connectivity index (χ0n) is 11.5. The Morgan fingerprint density at radius 3 is 2.00 bits per heavy atom. The Labute approximate surface area is 105 Å². The monoisotopic (exact) mass is 262 g/mol. The Morgan fingerprint density at radius 2 is 1.65 bits per heavy atom. The van der Waals surface area contributed by atoms with Crippen molar-refractivity contribution in [1.82, 2.24) is 0 Å². The molecule has 0 saturated carbocycles. The van der Waals surface area contributed by atoms with Gasteiger partial charge in [-0.1, -0.05) is 6.08 Å². The molecule has 0 aliphatic carbocycles. The fourth-order valence-electron chi connectivity index (χ4n) is 1.04. The molecule has 0 saturated heterocycles. The van der Waals surface area contributed by atoms with Gasteiger partial charge in [-0.3, -0.25) is 0 Å². The summed E-state index contributed by atoms with van der Waals surface area (Å²) in [6.45, 7) is 9.60. The first-order valence-electron chi connectivity index (χ1n) is 5.73. The molecule has 0 aliphatic rings. The summed E-state index contributed by atoms with van der Waals surface area (Å²) < 4.78 is 16.0. The number of esters is 1. The van der Waals surface area contributed by atoms with Crippen LogP contribution in [0.15, 0.2) is 11.6 Å². The van der Waals surface area contributed by atoms with E-state index in [-0.39, 0.29) is 18.2 Å². The van der Waals surface area contributed by atoms with Gasteiger partial charge < -0.3 is 13.8 Å². The summed E-state index contributed by atoms with van der Waals surface area (Å²) in [6, 6.07) is 0. The van der Waals surface area contributed by atoms with Crippen LogP contribution < -0.4 is 0 Å². The molecule has 0 aromatic rings. The van der Waals surface area contributed by atoms with Crippen molar-refractivity contribution in [3.63, 3.8) is 0 Å². The molecular formula is C12H23O4P. The van der Waals surface area contributed by atoms with Gasteiger partial charge in [-0.15, -0.1) is 0 Å². The third-order valence-electron chi connectivity index (χ3n) is 1.71. The predicted molar refractivity (Wildman–Crippen MR) is 70.0 cm³/mol. The molecule has 0 heterocycles. The Hall–Kier alpha value is -0.440. The number of allylic oxidation sites excluding steroid dienone is 1. The van der Waals surface area contributed by atoms with E-state index in [0.29, 0.717) is 11.7 Å². The second-order valence-corrected chi connectivity index (χ2v) is 5.65. The first-order valence-corrected chi connectivity index (χ1v) is 7.09. The van der Waals surface area contributed by atoms with Crippen molar-refractivity contribution < 1.29 is 18.6 Å². The second kappa shape index (κ2) is 8.62. The minimum absolute atomic E-state index is 0.117. The fourth-order valence-corrected chi connectivity index (χ4v) is 2.62. The van der Waals surface area contributed by atoms with Gasteiger partial charge in [0, 0.05) is 11.7 Å². The van der Waals surface area contributed by atoms with Crippen molar-refractivity contribution in [2.45, 2.75) is 46.8 Å². The number of carbonyl (C=O) groups excluding carboxylic acids is 1. The van der Waals surface area contributed by atoms with Crippen LogP contribution in [0.2, 0.25) is 0 Å². The lowest BCUT2D eigenvalue weighted by atomic mass is 10.3. The maximum absolute atomic E-state index is 11.2. The summed E-state index contributed by atoms with van der Waals surface area (Å²) >= 11 is 0. The molecule has 0 aromatic carbocycles. The summed E-state index contributed by atoms with van der Waals surface area (Å²) in [5.74, 6) is -0.311. The van der Waals surface area contributed by atoms with Crippen molar-refractivity contribution in [3.05, 3.63) is 11.6 Å². The van der Waals surface area contributed by atoms with E-state index < -0.39 is 8.38 Å². The summed E-state index contributed by atoms with van der Waals surface area (Å²) in [5.41, 5.74) is 0.583. The Bertz CT molecular complexity index is 251. The van der Waals surface area contributed by atoms with Crippen LogP contribution in [0.1, 0.15) is 34.6 Å². The Morgan fingerprint density at radius 1 is 1.18 bits per heavy atom. The number of hydrogen-bond acceptors (Lipinski definition) is 4. The van der Waals surface area contributed by atoms with E-state index in [2.05, 4.69) is 4.74 Å². The zero-order chi connectivity index (χ0) is 13.4. The van der Waals surface area contributed by atoms with Crippen LogP contribution in [-0.2, 0) is 18.6 Å². The van der Waals surface area contributed by atoms with Crippen LogP contribution in [-0.4, -0.2) is 31.4 Å². The molecule has 4 nitrogen and oxygen atoms in total. The highest BCUT2D eigenvalue weighted by atomic mass is 31.2. The molecule has 17 heavy (non-hydrogen) atoms. The van der Waals surface area contributed by atoms with E-state index in [1.54, 1.807) is 6.92 Å². The lowest BCUT2D eigenvalue weighted by Crippen LogP contribution is -2.07. The molecule has 0 aliphatic heterocycles. The summed E-state index contributed by atoms with van der Waals surface area (Å²) in [5, 5.41) is 0. The van der Waals surface area contributed by atoms with Crippen molar-refractivity contribution in [2.24, 2.45) is 0 Å². The van der Waals surface area contributed by atoms with E-state index in [4.69, 9.17) is 9.05 Å². The SMILES string of the molecule is COC(=O)C(C)=CCP(OC(C)C)OC(C)C. The third-order valence-corrected chi connectivity index (χ3v) is 3.50. The Kier molecular flexibility index (Phi) is 8.40. The van der Waals surface area contributed by atoms with Crippen LogP contribution in [0.5, 0.6) is 0 Å². The molecule has 0 N–H and O–H groups in total. The number of methoxy groups -OCH3 is 1. The van der Waals surface area contributed by atoms with Crippen LogP contribution in [0, 0.1) is 0 Å². The van der Waals surface area contributed by atoms with Gasteiger partial charge in [0.25, 0.3) is 0 Å². The van der Waals surface area contributed by atoms with Crippen LogP contribution >= 0.6 is 8.38 Å². The highest BCUT2D eigenvalue weighted by molar-refractivity contribution is 7.47. The average molecular weight is 262 g/mol. The van der Waals surface area contributed by atoms with Crippen LogP contribution in [0.4, 0.5) is 0 Å². The molecule has 0 rings (SSSR count). The maximum atomic E-state index is 11.2. The molecule has 0 radical (unpaired) electrons. The van der Waals surface area contributed by atoms with Gasteiger partial charge in [0.05, 0.1) is 19.3 Å². The van der Waals surface area contributed by atoms with Gasteiger partial charge in [0.15, 0.2) is 8.38 Å². The lowest BCUT2D eigenvalue weighted by molar-refractivity contribution is -0.136. The second-order valence-electron chi connectivity index (χ2n) is 4.20. The number of carbonyl (C=O) groups is 1. The first kappa shape index (κ1) is 16.6. The molecule has 0 amide bonds. The van der Waals surface area contributed by atoms with Crippen molar-refractivity contribution >= 4 is 14.3 Å². The summed E-state index contributed by atoms with van der Waals surface area (Å²) in [7, 11) is 0.387. The molecule has 0 unspecified atom stereocenters. The smallest absolute Gasteiger partial charge is 0.333 e. The van der Waals surface area contributed by atoms with E-state index in [9.17, 15) is 4.79 Å². The first-order chi connectivity index (χ1) is 7.86. The minimum Gasteiger partial charge on any atom is -0.466 e. The highest BCUT2D eigenvalue weighted by Crippen LogP contribution is 2.41. The third kappa shape index (κ3) is 8.31. The molecule has 0 atom stereocenters. The molecule has 0 aromatic heterocycles.